The number of carbonyl (C=O) groups is 1. The van der Waals surface area contributed by atoms with Crippen molar-refractivity contribution in [3.8, 4) is 33.5 Å². The van der Waals surface area contributed by atoms with Crippen molar-refractivity contribution in [3.63, 3.8) is 0 Å². The molecule has 1 aromatic heterocycles. The second kappa shape index (κ2) is 18.2. The minimum atomic E-state index is -0.0119. The Bertz CT molecular complexity index is 1500. The predicted octanol–water partition coefficient (Wildman–Crippen LogP) is 11.4. The molecule has 4 rings (SSSR count). The number of aromatic nitrogens is 1. The summed E-state index contributed by atoms with van der Waals surface area (Å²) in [6.07, 6.45) is 3.42. The summed E-state index contributed by atoms with van der Waals surface area (Å²) in [4.78, 5) is 17.0. The molecule has 0 saturated carbocycles. The van der Waals surface area contributed by atoms with Gasteiger partial charge in [-0.05, 0) is 51.6 Å². The van der Waals surface area contributed by atoms with Crippen molar-refractivity contribution in [2.24, 2.45) is 35.5 Å². The Morgan fingerprint density at radius 3 is 1.61 bits per heavy atom. The van der Waals surface area contributed by atoms with Gasteiger partial charge in [-0.25, -0.2) is 0 Å². The molecule has 0 bridgehead atoms. The fourth-order valence-electron chi connectivity index (χ4n) is 6.46. The summed E-state index contributed by atoms with van der Waals surface area (Å²) in [6.45, 7) is 20.8. The Balaban J connectivity index is 0.000000332. The van der Waals surface area contributed by atoms with Crippen LogP contribution in [0.15, 0.2) is 96.9 Å². The first-order valence-corrected chi connectivity index (χ1v) is 16.4. The number of nitrogens with zero attached hydrogens (tertiary/aromatic N) is 1. The smallest absolute Gasteiger partial charge is 0.162 e. The molecule has 0 aliphatic heterocycles. The molecule has 0 unspecified atom stereocenters. The van der Waals surface area contributed by atoms with Crippen molar-refractivity contribution in [2.45, 2.75) is 69.2 Å². The summed E-state index contributed by atoms with van der Waals surface area (Å²) in [5, 5.41) is 10.3. The van der Waals surface area contributed by atoms with E-state index in [0.717, 1.165) is 22.4 Å². The van der Waals surface area contributed by atoms with Crippen LogP contribution < -0.4 is 0 Å². The van der Waals surface area contributed by atoms with Crippen LogP contribution in [0.1, 0.15) is 66.5 Å². The Labute approximate surface area is 292 Å². The summed E-state index contributed by atoms with van der Waals surface area (Å²) in [6, 6.07) is 30.9. The van der Waals surface area contributed by atoms with Crippen LogP contribution in [-0.4, -0.2) is 15.9 Å². The van der Waals surface area contributed by atoms with Gasteiger partial charge in [-0.2, -0.15) is 0 Å². The number of benzene rings is 3. The molecule has 0 aliphatic rings. The molecule has 0 aliphatic carbocycles. The Hall–Kier alpha value is -3.29. The predicted molar refractivity (Wildman–Crippen MR) is 191 cm³/mol. The van der Waals surface area contributed by atoms with Gasteiger partial charge in [0.2, 0.25) is 0 Å². The quantitative estimate of drug-likeness (QED) is 0.0988. The molecular formula is C42H52NO2Pt-. The molecule has 1 N–H and O–H groups in total. The largest absolute Gasteiger partial charge is 0.512 e. The number of rotatable bonds is 10. The fourth-order valence-corrected chi connectivity index (χ4v) is 6.46. The molecule has 0 atom stereocenters. The van der Waals surface area contributed by atoms with Crippen LogP contribution in [0.25, 0.3) is 33.5 Å². The number of allylic oxidation sites excluding steroid dienone is 2. The fraction of sp³-hybridized carbons (Fsp3) is 0.381. The third-order valence-corrected chi connectivity index (χ3v) is 8.35. The standard InChI is InChI=1S/C25H20N.C17H32O2.Pt/c1-18-14-19(2)16-24(15-18)25-13-12-23(17-26-25)22-10-8-21(9-11-22)20-6-4-3-5-7-20;1-10(2)16(11(3)4)14(18)9-15(19)17(12(5)6)13(7)8;/h3-15,17H,1-2H3;9-13,16-18H,1-8H3;/q-1;;/b;14-9-;. The average Bonchev–Trinajstić information content (AvgIpc) is 2.97. The Morgan fingerprint density at radius 1 is 0.674 bits per heavy atom. The molecule has 46 heavy (non-hydrogen) atoms. The van der Waals surface area contributed by atoms with Crippen molar-refractivity contribution < 1.29 is 31.0 Å². The third-order valence-electron chi connectivity index (χ3n) is 8.35. The summed E-state index contributed by atoms with van der Waals surface area (Å²) >= 11 is 0. The number of hydrogen-bond donors (Lipinski definition) is 1. The summed E-state index contributed by atoms with van der Waals surface area (Å²) in [5.41, 5.74) is 9.14. The van der Waals surface area contributed by atoms with Gasteiger partial charge in [0.15, 0.2) is 5.78 Å². The zero-order valence-electron chi connectivity index (χ0n) is 29.2. The van der Waals surface area contributed by atoms with Crippen molar-refractivity contribution in [1.82, 2.24) is 4.98 Å². The summed E-state index contributed by atoms with van der Waals surface area (Å²) < 4.78 is 0. The minimum absolute atomic E-state index is 0. The van der Waals surface area contributed by atoms with E-state index in [4.69, 9.17) is 0 Å². The Morgan fingerprint density at radius 2 is 1.15 bits per heavy atom. The third kappa shape index (κ3) is 10.9. The van der Waals surface area contributed by atoms with E-state index in [9.17, 15) is 9.90 Å². The second-order valence-electron chi connectivity index (χ2n) is 13.6. The normalized spacial score (nSPS) is 11.7. The molecule has 4 heteroatoms. The number of hydrogen-bond acceptors (Lipinski definition) is 3. The van der Waals surface area contributed by atoms with E-state index >= 15 is 0 Å². The summed E-state index contributed by atoms with van der Waals surface area (Å²) in [7, 11) is 0. The van der Waals surface area contributed by atoms with Crippen molar-refractivity contribution >= 4 is 5.78 Å². The van der Waals surface area contributed by atoms with E-state index in [1.165, 1.54) is 28.3 Å². The number of ketones is 1. The number of aliphatic hydroxyl groups excluding tert-OH is 1. The van der Waals surface area contributed by atoms with Crippen LogP contribution in [-0.2, 0) is 25.9 Å². The molecule has 4 aromatic rings. The van der Waals surface area contributed by atoms with Crippen LogP contribution in [0.2, 0.25) is 0 Å². The van der Waals surface area contributed by atoms with E-state index in [2.05, 4.69) is 153 Å². The maximum Gasteiger partial charge on any atom is 0.162 e. The van der Waals surface area contributed by atoms with Gasteiger partial charge in [-0.1, -0.05) is 136 Å². The van der Waals surface area contributed by atoms with Crippen molar-refractivity contribution in [3.05, 3.63) is 114 Å². The van der Waals surface area contributed by atoms with Crippen LogP contribution in [0, 0.1) is 55.4 Å². The molecule has 0 spiro atoms. The van der Waals surface area contributed by atoms with E-state index < -0.39 is 0 Å². The molecule has 0 radical (unpaired) electrons. The molecule has 0 amide bonds. The van der Waals surface area contributed by atoms with Gasteiger partial charge >= 0.3 is 0 Å². The zero-order chi connectivity index (χ0) is 33.3. The first-order chi connectivity index (χ1) is 21.3. The van der Waals surface area contributed by atoms with E-state index in [0.29, 0.717) is 23.7 Å². The van der Waals surface area contributed by atoms with Gasteiger partial charge < -0.3 is 10.1 Å². The van der Waals surface area contributed by atoms with Gasteiger partial charge in [0.1, 0.15) is 0 Å². The molecule has 248 valence electrons. The van der Waals surface area contributed by atoms with Crippen LogP contribution >= 0.6 is 0 Å². The monoisotopic (exact) mass is 797 g/mol. The zero-order valence-corrected chi connectivity index (χ0v) is 31.5. The van der Waals surface area contributed by atoms with Crippen molar-refractivity contribution in [2.75, 3.05) is 0 Å². The molecular weight excluding hydrogens is 746 g/mol. The number of aryl methyl sites for hydroxylation is 2. The topological polar surface area (TPSA) is 50.2 Å². The second-order valence-corrected chi connectivity index (χ2v) is 13.6. The maximum absolute atomic E-state index is 12.3. The molecule has 3 aromatic carbocycles. The van der Waals surface area contributed by atoms with Gasteiger partial charge in [-0.15, -0.1) is 34.9 Å². The average molecular weight is 798 g/mol. The van der Waals surface area contributed by atoms with E-state index in [1.807, 2.05) is 12.3 Å². The van der Waals surface area contributed by atoms with Crippen molar-refractivity contribution in [1.29, 1.82) is 0 Å². The first kappa shape index (κ1) is 38.9. The van der Waals surface area contributed by atoms with E-state index in [1.54, 1.807) is 0 Å². The number of pyridine rings is 1. The maximum atomic E-state index is 12.3. The van der Waals surface area contributed by atoms with Gasteiger partial charge in [0.05, 0.1) is 5.76 Å². The molecule has 0 fully saturated rings. The van der Waals surface area contributed by atoms with Crippen LogP contribution in [0.3, 0.4) is 0 Å². The molecule has 3 nitrogen and oxygen atoms in total. The van der Waals surface area contributed by atoms with Gasteiger partial charge in [0, 0.05) is 45.2 Å². The van der Waals surface area contributed by atoms with Gasteiger partial charge in [0.25, 0.3) is 0 Å². The van der Waals surface area contributed by atoms with Crippen LogP contribution in [0.4, 0.5) is 0 Å². The molecule has 1 heterocycles. The number of aliphatic hydroxyl groups is 1. The summed E-state index contributed by atoms with van der Waals surface area (Å²) in [5.74, 6) is 1.63. The van der Waals surface area contributed by atoms with Crippen LogP contribution in [0.5, 0.6) is 0 Å². The van der Waals surface area contributed by atoms with E-state index in [-0.39, 0.29) is 44.4 Å². The molecule has 0 saturated heterocycles. The first-order valence-electron chi connectivity index (χ1n) is 16.4. The minimum Gasteiger partial charge on any atom is -0.512 e. The SMILES string of the molecule is CC(C)C(C(=O)/C=C(\O)C(C(C)C)C(C)C)C(C)C.Cc1[c-]c(-c2ccc(-c3ccc(-c4ccccc4)cc3)cn2)cc(C)c1.[Pt]. The number of carbonyl (C=O) groups excluding carboxylic acids is 1. The van der Waals surface area contributed by atoms with Gasteiger partial charge in [-0.3, -0.25) is 4.79 Å². The Kier molecular flexibility index (Phi) is 15.3.